The minimum atomic E-state index is -0.260. The Kier molecular flexibility index (Phi) is 7.08. The first-order valence-electron chi connectivity index (χ1n) is 9.30. The summed E-state index contributed by atoms with van der Waals surface area (Å²) in [5.74, 6) is 0.148. The van der Waals surface area contributed by atoms with Gasteiger partial charge >= 0.3 is 0 Å². The molecule has 3 rings (SSSR count). The van der Waals surface area contributed by atoms with Crippen LogP contribution in [0.1, 0.15) is 15.9 Å². The zero-order valence-corrected chi connectivity index (χ0v) is 18.2. The molecule has 0 aliphatic carbocycles. The summed E-state index contributed by atoms with van der Waals surface area (Å²) in [5.41, 5.74) is 3.64. The number of hydrogen-bond acceptors (Lipinski definition) is 4. The number of carbonyl (C=O) groups is 2. The molecule has 0 aliphatic rings. The number of ether oxygens (including phenoxy) is 1. The fraction of sp³-hybridized carbons (Fsp3) is 0.130. The van der Waals surface area contributed by atoms with Gasteiger partial charge in [-0.05, 0) is 67.1 Å². The predicted molar refractivity (Wildman–Crippen MR) is 123 cm³/mol. The molecular formula is C23H22BrN3O3. The Labute approximate surface area is 183 Å². The third-order valence-corrected chi connectivity index (χ3v) is 5.29. The van der Waals surface area contributed by atoms with E-state index in [2.05, 4.69) is 31.9 Å². The van der Waals surface area contributed by atoms with Crippen molar-refractivity contribution in [2.75, 3.05) is 29.6 Å². The highest BCUT2D eigenvalue weighted by molar-refractivity contribution is 9.10. The lowest BCUT2D eigenvalue weighted by molar-refractivity contribution is -0.114. The van der Waals surface area contributed by atoms with Crippen LogP contribution >= 0.6 is 15.9 Å². The van der Waals surface area contributed by atoms with Crippen LogP contribution in [0.4, 0.5) is 17.1 Å². The van der Waals surface area contributed by atoms with E-state index in [0.717, 1.165) is 15.7 Å². The van der Waals surface area contributed by atoms with E-state index in [0.29, 0.717) is 22.7 Å². The monoisotopic (exact) mass is 467 g/mol. The number of para-hydroxylation sites is 2. The molecule has 6 nitrogen and oxygen atoms in total. The molecule has 30 heavy (non-hydrogen) atoms. The van der Waals surface area contributed by atoms with Gasteiger partial charge in [0.15, 0.2) is 0 Å². The maximum Gasteiger partial charge on any atom is 0.255 e. The van der Waals surface area contributed by atoms with Crippen molar-refractivity contribution in [3.63, 3.8) is 0 Å². The van der Waals surface area contributed by atoms with Crippen LogP contribution in [0.15, 0.2) is 71.2 Å². The zero-order valence-electron chi connectivity index (χ0n) is 16.7. The Morgan fingerprint density at radius 3 is 2.33 bits per heavy atom. The highest BCUT2D eigenvalue weighted by Gasteiger charge is 2.10. The first-order valence-corrected chi connectivity index (χ1v) is 10.1. The van der Waals surface area contributed by atoms with E-state index in [1.807, 2.05) is 37.3 Å². The van der Waals surface area contributed by atoms with Gasteiger partial charge in [-0.2, -0.15) is 0 Å². The molecule has 0 saturated carbocycles. The van der Waals surface area contributed by atoms with Crippen LogP contribution in [-0.4, -0.2) is 25.5 Å². The summed E-state index contributed by atoms with van der Waals surface area (Å²) in [7, 11) is 1.55. The van der Waals surface area contributed by atoms with E-state index < -0.39 is 0 Å². The number of rotatable bonds is 7. The number of aryl methyl sites for hydroxylation is 1. The average Bonchev–Trinajstić information content (AvgIpc) is 2.75. The van der Waals surface area contributed by atoms with Gasteiger partial charge in [0.05, 0.1) is 19.3 Å². The third-order valence-electron chi connectivity index (χ3n) is 4.40. The molecule has 3 aromatic rings. The van der Waals surface area contributed by atoms with Gasteiger partial charge < -0.3 is 20.7 Å². The van der Waals surface area contributed by atoms with Crippen LogP contribution in [-0.2, 0) is 4.79 Å². The van der Waals surface area contributed by atoms with Gasteiger partial charge in [0.25, 0.3) is 5.91 Å². The normalized spacial score (nSPS) is 10.2. The number of benzene rings is 3. The fourth-order valence-corrected chi connectivity index (χ4v) is 3.04. The molecule has 3 aromatic carbocycles. The molecule has 154 valence electrons. The second kappa shape index (κ2) is 9.93. The van der Waals surface area contributed by atoms with Crippen molar-refractivity contribution in [2.45, 2.75) is 6.92 Å². The molecule has 0 aliphatic heterocycles. The van der Waals surface area contributed by atoms with Crippen LogP contribution in [0.2, 0.25) is 0 Å². The molecule has 0 unspecified atom stereocenters. The summed E-state index contributed by atoms with van der Waals surface area (Å²) in [6.45, 7) is 2.12. The van der Waals surface area contributed by atoms with Crippen LogP contribution < -0.4 is 20.7 Å². The summed E-state index contributed by atoms with van der Waals surface area (Å²) in [4.78, 5) is 24.7. The van der Waals surface area contributed by atoms with Crippen LogP contribution in [0.3, 0.4) is 0 Å². The predicted octanol–water partition coefficient (Wildman–Crippen LogP) is 5.07. The molecule has 0 fully saturated rings. The maximum atomic E-state index is 12.5. The first-order chi connectivity index (χ1) is 14.5. The maximum absolute atomic E-state index is 12.5. The summed E-state index contributed by atoms with van der Waals surface area (Å²) in [6, 6.07) is 19.7. The third kappa shape index (κ3) is 5.61. The molecule has 3 N–H and O–H groups in total. The van der Waals surface area contributed by atoms with E-state index in [-0.39, 0.29) is 18.4 Å². The second-order valence-corrected chi connectivity index (χ2v) is 7.45. The van der Waals surface area contributed by atoms with Crippen molar-refractivity contribution in [3.05, 3.63) is 82.3 Å². The Bertz CT molecular complexity index is 1050. The number of halogens is 1. The molecule has 0 spiro atoms. The Morgan fingerprint density at radius 1 is 0.933 bits per heavy atom. The van der Waals surface area contributed by atoms with Crippen LogP contribution in [0.25, 0.3) is 0 Å². The minimum Gasteiger partial charge on any atom is -0.495 e. The molecule has 0 bridgehead atoms. The van der Waals surface area contributed by atoms with Crippen molar-refractivity contribution in [1.29, 1.82) is 0 Å². The topological polar surface area (TPSA) is 79.5 Å². The Hall–Kier alpha value is -3.32. The number of carbonyl (C=O) groups excluding carboxylic acids is 2. The molecule has 0 radical (unpaired) electrons. The van der Waals surface area contributed by atoms with Crippen LogP contribution in [0, 0.1) is 6.92 Å². The highest BCUT2D eigenvalue weighted by atomic mass is 79.9. The van der Waals surface area contributed by atoms with E-state index in [1.54, 1.807) is 43.5 Å². The quantitative estimate of drug-likeness (QED) is 0.453. The molecule has 0 heterocycles. The number of nitrogens with one attached hydrogen (secondary N) is 3. The summed E-state index contributed by atoms with van der Waals surface area (Å²) in [6.07, 6.45) is 0. The Morgan fingerprint density at radius 2 is 1.63 bits per heavy atom. The van der Waals surface area contributed by atoms with Gasteiger partial charge in [-0.1, -0.05) is 28.1 Å². The Balaban J connectivity index is 1.55. The molecule has 0 aromatic heterocycles. The summed E-state index contributed by atoms with van der Waals surface area (Å²) >= 11 is 3.45. The first kappa shape index (κ1) is 21.4. The second-order valence-electron chi connectivity index (χ2n) is 6.60. The summed E-state index contributed by atoms with van der Waals surface area (Å²) in [5, 5.41) is 8.72. The zero-order chi connectivity index (χ0) is 21.5. The molecule has 0 atom stereocenters. The number of hydrogen-bond donors (Lipinski definition) is 3. The van der Waals surface area contributed by atoms with E-state index >= 15 is 0 Å². The van der Waals surface area contributed by atoms with E-state index in [4.69, 9.17) is 4.74 Å². The van der Waals surface area contributed by atoms with Gasteiger partial charge in [0.2, 0.25) is 5.91 Å². The number of methoxy groups -OCH3 is 1. The highest BCUT2D eigenvalue weighted by Crippen LogP contribution is 2.24. The molecular weight excluding hydrogens is 446 g/mol. The number of anilines is 3. The number of amides is 2. The van der Waals surface area contributed by atoms with Crippen molar-refractivity contribution < 1.29 is 14.3 Å². The minimum absolute atomic E-state index is 0.136. The molecule has 2 amide bonds. The van der Waals surface area contributed by atoms with Gasteiger partial charge in [0, 0.05) is 21.4 Å². The lowest BCUT2D eigenvalue weighted by atomic mass is 10.2. The van der Waals surface area contributed by atoms with Gasteiger partial charge in [-0.15, -0.1) is 0 Å². The van der Waals surface area contributed by atoms with Crippen molar-refractivity contribution in [1.82, 2.24) is 0 Å². The van der Waals surface area contributed by atoms with Crippen molar-refractivity contribution >= 4 is 44.8 Å². The lowest BCUT2D eigenvalue weighted by Crippen LogP contribution is -2.21. The van der Waals surface area contributed by atoms with Crippen molar-refractivity contribution in [2.24, 2.45) is 0 Å². The fourth-order valence-electron chi connectivity index (χ4n) is 2.79. The molecule has 7 heteroatoms. The molecule has 0 saturated heterocycles. The standard InChI is InChI=1S/C23H22BrN3O3/c1-15-13-18(11-12-19(15)24)25-14-22(28)26-17-9-7-16(8-10-17)23(29)27-20-5-3-4-6-21(20)30-2/h3-13,25H,14H2,1-2H3,(H,26,28)(H,27,29). The van der Waals surface area contributed by atoms with Gasteiger partial charge in [0.1, 0.15) is 5.75 Å². The SMILES string of the molecule is COc1ccccc1NC(=O)c1ccc(NC(=O)CNc2ccc(Br)c(C)c2)cc1. The van der Waals surface area contributed by atoms with E-state index in [9.17, 15) is 9.59 Å². The van der Waals surface area contributed by atoms with Crippen molar-refractivity contribution in [3.8, 4) is 5.75 Å². The lowest BCUT2D eigenvalue weighted by Gasteiger charge is -2.11. The average molecular weight is 468 g/mol. The summed E-state index contributed by atoms with van der Waals surface area (Å²) < 4.78 is 6.26. The van der Waals surface area contributed by atoms with Crippen LogP contribution in [0.5, 0.6) is 5.75 Å². The largest absolute Gasteiger partial charge is 0.495 e. The van der Waals surface area contributed by atoms with Gasteiger partial charge in [-0.25, -0.2) is 0 Å². The van der Waals surface area contributed by atoms with E-state index in [1.165, 1.54) is 0 Å². The smallest absolute Gasteiger partial charge is 0.255 e. The van der Waals surface area contributed by atoms with Gasteiger partial charge in [-0.3, -0.25) is 9.59 Å².